The minimum Gasteiger partial charge on any atom is -0.358 e. The normalized spacial score (nSPS) is 10.1. The zero-order valence-electron chi connectivity index (χ0n) is 15.9. The maximum Gasteiger partial charge on any atom is 0.233 e. The Kier molecular flexibility index (Phi) is 32.4. The van der Waals surface area contributed by atoms with E-state index in [0.717, 1.165) is 6.29 Å². The predicted octanol–water partition coefficient (Wildman–Crippen LogP) is 2.17. The van der Waals surface area contributed by atoms with Crippen LogP contribution in [-0.4, -0.2) is 57.9 Å². The summed E-state index contributed by atoms with van der Waals surface area (Å²) >= 11 is 0. The van der Waals surface area contributed by atoms with Crippen molar-refractivity contribution in [2.24, 2.45) is 5.92 Å². The van der Waals surface area contributed by atoms with Crippen LogP contribution in [0.3, 0.4) is 0 Å². The third-order valence-corrected chi connectivity index (χ3v) is 2.03. The minimum atomic E-state index is 0.0162. The monoisotopic (exact) mass is 305 g/mol. The van der Waals surface area contributed by atoms with Crippen LogP contribution >= 0.6 is 0 Å². The Bertz CT molecular complexity index is 200. The Morgan fingerprint density at radius 2 is 1.52 bits per heavy atom. The zero-order valence-corrected chi connectivity index (χ0v) is 15.9. The summed E-state index contributed by atoms with van der Waals surface area (Å²) in [5, 5.41) is 5.17. The zero-order chi connectivity index (χ0) is 17.8. The molecule has 130 valence electrons. The van der Waals surface area contributed by atoms with Gasteiger partial charge in [-0.2, -0.15) is 0 Å². The van der Waals surface area contributed by atoms with E-state index in [-0.39, 0.29) is 11.9 Å². The SMILES string of the molecule is CC.CC(C)C(C=O)N(C)C.CCC.CNCC(=O)NC. The van der Waals surface area contributed by atoms with E-state index in [9.17, 15) is 9.59 Å². The molecule has 0 bridgehead atoms. The third-order valence-electron chi connectivity index (χ3n) is 2.03. The number of nitrogens with zero attached hydrogens (tertiary/aromatic N) is 1. The van der Waals surface area contributed by atoms with Gasteiger partial charge in [-0.15, -0.1) is 0 Å². The van der Waals surface area contributed by atoms with Crippen molar-refractivity contribution in [1.29, 1.82) is 0 Å². The number of rotatable bonds is 5. The van der Waals surface area contributed by atoms with E-state index in [2.05, 4.69) is 24.5 Å². The van der Waals surface area contributed by atoms with Gasteiger partial charge in [-0.25, -0.2) is 0 Å². The Morgan fingerprint density at radius 3 is 1.57 bits per heavy atom. The number of carbonyl (C=O) groups excluding carboxylic acids is 2. The summed E-state index contributed by atoms with van der Waals surface area (Å²) < 4.78 is 0. The van der Waals surface area contributed by atoms with E-state index >= 15 is 0 Å². The van der Waals surface area contributed by atoms with Gasteiger partial charge in [0, 0.05) is 7.05 Å². The van der Waals surface area contributed by atoms with Crippen LogP contribution in [0.4, 0.5) is 0 Å². The third kappa shape index (κ3) is 28.1. The van der Waals surface area contributed by atoms with Crippen LogP contribution in [0, 0.1) is 5.92 Å². The molecule has 0 aliphatic rings. The molecule has 0 aliphatic heterocycles. The molecule has 1 unspecified atom stereocenters. The van der Waals surface area contributed by atoms with Crippen molar-refractivity contribution in [1.82, 2.24) is 15.5 Å². The van der Waals surface area contributed by atoms with Gasteiger partial charge in [0.15, 0.2) is 0 Å². The van der Waals surface area contributed by atoms with Crippen LogP contribution < -0.4 is 10.6 Å². The fourth-order valence-electron chi connectivity index (χ4n) is 1.12. The van der Waals surface area contributed by atoms with E-state index in [1.165, 1.54) is 6.42 Å². The summed E-state index contributed by atoms with van der Waals surface area (Å²) in [5.41, 5.74) is 0. The largest absolute Gasteiger partial charge is 0.358 e. The van der Waals surface area contributed by atoms with Gasteiger partial charge in [-0.1, -0.05) is 48.0 Å². The molecule has 5 nitrogen and oxygen atoms in total. The fourth-order valence-corrected chi connectivity index (χ4v) is 1.12. The van der Waals surface area contributed by atoms with Crippen LogP contribution in [0.25, 0.3) is 0 Å². The van der Waals surface area contributed by atoms with E-state index in [0.29, 0.717) is 12.5 Å². The molecular weight excluding hydrogens is 266 g/mol. The lowest BCUT2D eigenvalue weighted by Gasteiger charge is -2.21. The first kappa shape index (κ1) is 28.3. The summed E-state index contributed by atoms with van der Waals surface area (Å²) in [4.78, 5) is 22.5. The number of likely N-dealkylation sites (N-methyl/N-ethyl adjacent to an activating group) is 3. The fraction of sp³-hybridized carbons (Fsp3) is 0.875. The van der Waals surface area contributed by atoms with E-state index in [4.69, 9.17) is 0 Å². The van der Waals surface area contributed by atoms with Gasteiger partial charge in [-0.05, 0) is 27.1 Å². The average Bonchev–Trinajstić information content (AvgIpc) is 2.42. The molecule has 0 aromatic rings. The Balaban J connectivity index is -0.000000107. The maximum atomic E-state index is 10.3. The number of amides is 1. The average molecular weight is 306 g/mol. The van der Waals surface area contributed by atoms with Gasteiger partial charge in [0.2, 0.25) is 5.91 Å². The molecule has 0 saturated carbocycles. The summed E-state index contributed by atoms with van der Waals surface area (Å²) in [6.45, 7) is 12.7. The van der Waals surface area contributed by atoms with Crippen molar-refractivity contribution < 1.29 is 9.59 Å². The van der Waals surface area contributed by atoms with Gasteiger partial charge in [0.1, 0.15) is 6.29 Å². The Morgan fingerprint density at radius 1 is 1.14 bits per heavy atom. The first-order valence-corrected chi connectivity index (χ1v) is 7.79. The second-order valence-electron chi connectivity index (χ2n) is 4.74. The van der Waals surface area contributed by atoms with E-state index in [1.54, 1.807) is 14.1 Å². The molecule has 21 heavy (non-hydrogen) atoms. The van der Waals surface area contributed by atoms with Crippen LogP contribution in [0.2, 0.25) is 0 Å². The Hall–Kier alpha value is -0.940. The second-order valence-corrected chi connectivity index (χ2v) is 4.74. The lowest BCUT2D eigenvalue weighted by molar-refractivity contribution is -0.119. The lowest BCUT2D eigenvalue weighted by atomic mass is 10.1. The van der Waals surface area contributed by atoms with E-state index in [1.807, 2.05) is 46.7 Å². The van der Waals surface area contributed by atoms with Gasteiger partial charge >= 0.3 is 0 Å². The number of hydrogen-bond acceptors (Lipinski definition) is 4. The molecule has 0 aliphatic carbocycles. The number of aldehydes is 1. The first-order chi connectivity index (χ1) is 9.81. The standard InChI is InChI=1S/C7H15NO.C4H10N2O.C3H8.C2H6/c1-6(2)7(5-9)8(3)4;1-5-3-4(7)6-2;1-3-2;1-2/h5-7H,1-4H3;5H,3H2,1-2H3,(H,6,7);3H2,1-2H3;1-2H3. The van der Waals surface area contributed by atoms with Crippen LogP contribution in [0.1, 0.15) is 48.0 Å². The van der Waals surface area contributed by atoms with Crippen molar-refractivity contribution in [2.75, 3.05) is 34.7 Å². The molecule has 5 heteroatoms. The number of nitrogens with one attached hydrogen (secondary N) is 2. The quantitative estimate of drug-likeness (QED) is 0.764. The molecule has 0 fully saturated rings. The molecular formula is C16H39N3O2. The Labute approximate surface area is 132 Å². The van der Waals surface area contributed by atoms with E-state index < -0.39 is 0 Å². The topological polar surface area (TPSA) is 61.4 Å². The highest BCUT2D eigenvalue weighted by Gasteiger charge is 2.12. The van der Waals surface area contributed by atoms with Crippen LogP contribution in [0.5, 0.6) is 0 Å². The summed E-state index contributed by atoms with van der Waals surface area (Å²) in [6, 6.07) is 0.0741. The van der Waals surface area contributed by atoms with Crippen LogP contribution in [-0.2, 0) is 9.59 Å². The maximum absolute atomic E-state index is 10.3. The molecule has 0 rings (SSSR count). The lowest BCUT2D eigenvalue weighted by Crippen LogP contribution is -2.33. The molecule has 1 amide bonds. The van der Waals surface area contributed by atoms with Crippen LogP contribution in [0.15, 0.2) is 0 Å². The van der Waals surface area contributed by atoms with Crippen molar-refractivity contribution >= 4 is 12.2 Å². The van der Waals surface area contributed by atoms with Crippen molar-refractivity contribution in [2.45, 2.75) is 54.0 Å². The van der Waals surface area contributed by atoms with Gasteiger partial charge in [0.05, 0.1) is 12.6 Å². The van der Waals surface area contributed by atoms with Gasteiger partial charge in [-0.3, -0.25) is 9.69 Å². The first-order valence-electron chi connectivity index (χ1n) is 7.79. The molecule has 0 heterocycles. The summed E-state index contributed by atoms with van der Waals surface area (Å²) in [6.07, 6.45) is 2.24. The highest BCUT2D eigenvalue weighted by Crippen LogP contribution is 2.02. The smallest absolute Gasteiger partial charge is 0.233 e. The van der Waals surface area contributed by atoms with Crippen molar-refractivity contribution in [3.63, 3.8) is 0 Å². The number of hydrogen-bond donors (Lipinski definition) is 2. The molecule has 0 spiro atoms. The molecule has 0 radical (unpaired) electrons. The summed E-state index contributed by atoms with van der Waals surface area (Å²) in [7, 11) is 7.17. The highest BCUT2D eigenvalue weighted by atomic mass is 16.1. The van der Waals surface area contributed by atoms with Crippen molar-refractivity contribution in [3.05, 3.63) is 0 Å². The minimum absolute atomic E-state index is 0.0162. The van der Waals surface area contributed by atoms with Crippen molar-refractivity contribution in [3.8, 4) is 0 Å². The summed E-state index contributed by atoms with van der Waals surface area (Å²) in [5.74, 6) is 0.431. The number of carbonyl (C=O) groups is 2. The van der Waals surface area contributed by atoms with Gasteiger partial charge in [0.25, 0.3) is 0 Å². The molecule has 0 saturated heterocycles. The molecule has 2 N–H and O–H groups in total. The molecule has 0 aromatic heterocycles. The molecule has 0 aromatic carbocycles. The predicted molar refractivity (Wildman–Crippen MR) is 93.7 cm³/mol. The molecule has 1 atom stereocenters. The highest BCUT2D eigenvalue weighted by molar-refractivity contribution is 5.77. The van der Waals surface area contributed by atoms with Gasteiger partial charge < -0.3 is 15.4 Å². The second kappa shape index (κ2) is 24.1.